The first-order valence-corrected chi connectivity index (χ1v) is 2.16. The van der Waals surface area contributed by atoms with E-state index in [2.05, 4.69) is 8.73 Å². The molecule has 56 valence electrons. The molecule has 0 fully saturated rings. The maximum atomic E-state index is 4.68. The van der Waals surface area contributed by atoms with Crippen LogP contribution in [0.15, 0.2) is 0 Å². The average Bonchev–Trinajstić information content (AvgIpc) is 0.918. The third kappa shape index (κ3) is 84.1. The van der Waals surface area contributed by atoms with Crippen molar-refractivity contribution < 1.29 is 18.5 Å². The standard InChI is InChI=1S/4ClH.2H2N.Pd/h4*1H;2*1H2;/q;;;;2*-1;+2. The predicted molar refractivity (Wildman–Crippen MR) is 37.4 cm³/mol. The van der Waals surface area contributed by atoms with Crippen molar-refractivity contribution >= 4 is 49.6 Å². The van der Waals surface area contributed by atoms with Gasteiger partial charge in [0.25, 0.3) is 0 Å². The molecule has 0 bridgehead atoms. The molecule has 0 unspecified atom stereocenters. The van der Waals surface area contributed by atoms with Crippen LogP contribution in [-0.2, 0) is 18.5 Å². The zero-order valence-electron chi connectivity index (χ0n) is 3.10. The Kier molecular flexibility index (Phi) is 250. The SMILES string of the molecule is Cl.Cl.Cl.Cl.[NH2][Pd][NH2]. The van der Waals surface area contributed by atoms with Crippen molar-refractivity contribution in [1.29, 1.82) is 0 Å². The molecule has 0 aromatic rings. The summed E-state index contributed by atoms with van der Waals surface area (Å²) < 4.78 is 9.35. The van der Waals surface area contributed by atoms with E-state index < -0.39 is 0 Å². The van der Waals surface area contributed by atoms with Crippen LogP contribution in [0.25, 0.3) is 0 Å². The van der Waals surface area contributed by atoms with E-state index in [-0.39, 0.29) is 68.1 Å². The van der Waals surface area contributed by atoms with Gasteiger partial charge in [-0.05, 0) is 0 Å². The van der Waals surface area contributed by atoms with Gasteiger partial charge in [0.05, 0.1) is 0 Å². The number of hydrogen-bond acceptors (Lipinski definition) is 2. The van der Waals surface area contributed by atoms with Crippen molar-refractivity contribution in [3.63, 3.8) is 0 Å². The Labute approximate surface area is 76.5 Å². The molecule has 0 amide bonds. The third-order valence-corrected chi connectivity index (χ3v) is 0. The van der Waals surface area contributed by atoms with Gasteiger partial charge >= 0.3 is 27.2 Å². The van der Waals surface area contributed by atoms with E-state index in [0.717, 1.165) is 0 Å². The van der Waals surface area contributed by atoms with Crippen LogP contribution >= 0.6 is 49.6 Å². The summed E-state index contributed by atoms with van der Waals surface area (Å²) in [5, 5.41) is 0. The topological polar surface area (TPSA) is 52.0 Å². The number of rotatable bonds is 0. The summed E-state index contributed by atoms with van der Waals surface area (Å²) in [6.45, 7) is 0. The zero-order chi connectivity index (χ0) is 2.71. The first-order chi connectivity index (χ1) is 1.41. The van der Waals surface area contributed by atoms with Crippen LogP contribution in [0.2, 0.25) is 0 Å². The minimum atomic E-state index is -0.0500. The molecule has 0 aromatic heterocycles. The fourth-order valence-electron chi connectivity index (χ4n) is 0. The normalized spacial score (nSPS) is 3.14. The van der Waals surface area contributed by atoms with Crippen LogP contribution in [-0.4, -0.2) is 0 Å². The molecule has 0 saturated heterocycles. The molecule has 0 aliphatic carbocycles. The summed E-state index contributed by atoms with van der Waals surface area (Å²) in [4.78, 5) is 0. The van der Waals surface area contributed by atoms with Crippen molar-refractivity contribution in [2.75, 3.05) is 0 Å². The molecule has 0 aliphatic rings. The molecule has 0 aliphatic heterocycles. The molecule has 4 N–H and O–H groups in total. The van der Waals surface area contributed by atoms with Crippen molar-refractivity contribution in [3.05, 3.63) is 0 Å². The number of halogens is 4. The first kappa shape index (κ1) is 37.4. The molecule has 7 heteroatoms. The van der Waals surface area contributed by atoms with Gasteiger partial charge in [-0.3, -0.25) is 0 Å². The van der Waals surface area contributed by atoms with E-state index in [1.165, 1.54) is 0 Å². The summed E-state index contributed by atoms with van der Waals surface area (Å²) in [5.74, 6) is 0. The number of hydrogen-bond donors (Lipinski definition) is 2. The van der Waals surface area contributed by atoms with Gasteiger partial charge in [0.15, 0.2) is 0 Å². The van der Waals surface area contributed by atoms with Gasteiger partial charge in [-0.25, -0.2) is 0 Å². The van der Waals surface area contributed by atoms with E-state index in [1.54, 1.807) is 0 Å². The van der Waals surface area contributed by atoms with E-state index in [0.29, 0.717) is 0 Å². The second-order valence-corrected chi connectivity index (χ2v) is 0.624. The van der Waals surface area contributed by atoms with Gasteiger partial charge in [-0.15, -0.1) is 49.6 Å². The van der Waals surface area contributed by atoms with E-state index in [1.807, 2.05) is 0 Å². The van der Waals surface area contributed by atoms with Crippen LogP contribution in [0.5, 0.6) is 0 Å². The predicted octanol–water partition coefficient (Wildman–Crippen LogP) is 0.504. The van der Waals surface area contributed by atoms with Crippen LogP contribution in [0.1, 0.15) is 0 Å². The molecule has 0 spiro atoms. The van der Waals surface area contributed by atoms with Crippen molar-refractivity contribution in [1.82, 2.24) is 0 Å². The monoisotopic (exact) mass is 282 g/mol. The minimum absolute atomic E-state index is 0. The van der Waals surface area contributed by atoms with E-state index >= 15 is 0 Å². The summed E-state index contributed by atoms with van der Waals surface area (Å²) in [5.41, 5.74) is 0. The molecular formula is H8Cl4N2Pd. The molecule has 0 atom stereocenters. The fraction of sp³-hybridized carbons (Fsp3) is 0. The Bertz CT molecular complexity index is 9.65. The molecule has 0 heterocycles. The third-order valence-electron chi connectivity index (χ3n) is 0. The maximum absolute atomic E-state index is 4.68. The second-order valence-electron chi connectivity index (χ2n) is 0.105. The molecule has 0 rings (SSSR count). The Balaban J connectivity index is -0.00000000333. The van der Waals surface area contributed by atoms with Gasteiger partial charge < -0.3 is 0 Å². The summed E-state index contributed by atoms with van der Waals surface area (Å²) in [6, 6.07) is 0. The first-order valence-electron chi connectivity index (χ1n) is 0.365. The van der Waals surface area contributed by atoms with E-state index in [9.17, 15) is 0 Å². The van der Waals surface area contributed by atoms with Gasteiger partial charge in [0.2, 0.25) is 0 Å². The van der Waals surface area contributed by atoms with Crippen molar-refractivity contribution in [2.24, 2.45) is 8.73 Å². The van der Waals surface area contributed by atoms with Crippen LogP contribution in [0.3, 0.4) is 0 Å². The van der Waals surface area contributed by atoms with Crippen LogP contribution in [0, 0.1) is 0 Å². The molecule has 0 aromatic carbocycles. The Morgan fingerprint density at radius 1 is 0.714 bits per heavy atom. The van der Waals surface area contributed by atoms with Crippen molar-refractivity contribution in [2.45, 2.75) is 0 Å². The van der Waals surface area contributed by atoms with Gasteiger partial charge in [0, 0.05) is 0 Å². The van der Waals surface area contributed by atoms with Gasteiger partial charge in [-0.2, -0.15) is 0 Å². The van der Waals surface area contributed by atoms with Crippen LogP contribution in [0.4, 0.5) is 0 Å². The summed E-state index contributed by atoms with van der Waals surface area (Å²) in [7, 11) is 0. The molecule has 2 nitrogen and oxygen atoms in total. The molecular weight excluding hydrogens is 276 g/mol. The van der Waals surface area contributed by atoms with Crippen LogP contribution < -0.4 is 8.73 Å². The summed E-state index contributed by atoms with van der Waals surface area (Å²) >= 11 is -0.0500. The Hall–Kier alpha value is 1.74. The van der Waals surface area contributed by atoms with Gasteiger partial charge in [0.1, 0.15) is 0 Å². The molecule has 7 heavy (non-hydrogen) atoms. The number of nitrogens with two attached hydrogens (primary N) is 2. The summed E-state index contributed by atoms with van der Waals surface area (Å²) in [6.07, 6.45) is 0. The van der Waals surface area contributed by atoms with Crippen molar-refractivity contribution in [3.8, 4) is 0 Å². The van der Waals surface area contributed by atoms with E-state index in [4.69, 9.17) is 0 Å². The second kappa shape index (κ2) is 46.8. The Morgan fingerprint density at radius 3 is 0.714 bits per heavy atom. The fourth-order valence-corrected chi connectivity index (χ4v) is 0. The zero-order valence-corrected chi connectivity index (χ0v) is 7.92. The molecule has 0 saturated carbocycles. The van der Waals surface area contributed by atoms with Gasteiger partial charge in [-0.1, -0.05) is 0 Å². The molecule has 0 radical (unpaired) electrons. The Morgan fingerprint density at radius 2 is 0.714 bits per heavy atom. The average molecular weight is 284 g/mol. The quantitative estimate of drug-likeness (QED) is 0.637.